The molecule has 6 heteroatoms. The number of hydrogen-bond donors (Lipinski definition) is 1. The second kappa shape index (κ2) is 12.0. The molecule has 3 aliphatic carbocycles. The van der Waals surface area contributed by atoms with Crippen molar-refractivity contribution in [2.45, 2.75) is 63.0 Å². The van der Waals surface area contributed by atoms with Gasteiger partial charge in [-0.3, -0.25) is 4.79 Å². The lowest BCUT2D eigenvalue weighted by Gasteiger charge is -2.32. The molecule has 2 heterocycles. The summed E-state index contributed by atoms with van der Waals surface area (Å²) in [5.41, 5.74) is 3.84. The molecule has 36 heavy (non-hydrogen) atoms. The molecule has 0 saturated carbocycles. The van der Waals surface area contributed by atoms with E-state index in [1.165, 1.54) is 29.6 Å². The second-order valence-electron chi connectivity index (χ2n) is 10.8. The van der Waals surface area contributed by atoms with Crippen LogP contribution < -0.4 is 5.32 Å². The quantitative estimate of drug-likeness (QED) is 0.455. The van der Waals surface area contributed by atoms with Crippen molar-refractivity contribution < 1.29 is 14.3 Å². The highest BCUT2D eigenvalue weighted by molar-refractivity contribution is 6.22. The molecule has 5 atom stereocenters. The van der Waals surface area contributed by atoms with E-state index in [0.717, 1.165) is 44.7 Å². The molecule has 0 aromatic heterocycles. The van der Waals surface area contributed by atoms with Gasteiger partial charge in [0.15, 0.2) is 0 Å². The SMILES string of the molecule is CC1C=C(C2=CC=CC(Cl)C2)C=CC1CC(=O)NC(CC1=CC=C2OCCOC2C1)CN1CCCC1. The van der Waals surface area contributed by atoms with Crippen LogP contribution in [0.2, 0.25) is 0 Å². The molecule has 0 aromatic carbocycles. The number of likely N-dealkylation sites (tertiary alicyclic amines) is 1. The van der Waals surface area contributed by atoms with Gasteiger partial charge in [0.1, 0.15) is 18.5 Å². The minimum absolute atomic E-state index is 0.0277. The maximum absolute atomic E-state index is 13.2. The summed E-state index contributed by atoms with van der Waals surface area (Å²) in [4.78, 5) is 15.7. The first-order valence-electron chi connectivity index (χ1n) is 13.6. The van der Waals surface area contributed by atoms with Crippen LogP contribution in [0.4, 0.5) is 0 Å². The molecule has 0 aromatic rings. The average molecular weight is 511 g/mol. The Hall–Kier alpha value is -2.08. The fraction of sp³-hybridized carbons (Fsp3) is 0.567. The smallest absolute Gasteiger partial charge is 0.220 e. The molecule has 5 nitrogen and oxygen atoms in total. The number of alkyl halides is 1. The van der Waals surface area contributed by atoms with Gasteiger partial charge in [-0.25, -0.2) is 0 Å². The van der Waals surface area contributed by atoms with E-state index in [-0.39, 0.29) is 29.3 Å². The number of rotatable bonds is 8. The summed E-state index contributed by atoms with van der Waals surface area (Å²) in [5, 5.41) is 3.46. The standard InChI is InChI=1S/C30H39ClN2O3/c1-21-15-25(24-5-4-6-26(31)18-24)9-8-23(21)19-30(34)32-27(20-33-11-2-3-12-33)16-22-7-10-28-29(17-22)36-14-13-35-28/h4-10,15,21,23,26-27,29H,2-3,11-14,16-20H2,1H3,(H,32,34). The summed E-state index contributed by atoms with van der Waals surface area (Å²) in [5.74, 6) is 1.60. The molecule has 0 bridgehead atoms. The number of fused-ring (bicyclic) bond motifs is 1. The second-order valence-corrected chi connectivity index (χ2v) is 11.3. The molecule has 2 fully saturated rings. The van der Waals surface area contributed by atoms with Crippen molar-refractivity contribution in [3.63, 3.8) is 0 Å². The zero-order chi connectivity index (χ0) is 24.9. The Labute approximate surface area is 220 Å². The van der Waals surface area contributed by atoms with E-state index < -0.39 is 0 Å². The average Bonchev–Trinajstić information content (AvgIpc) is 3.38. The first-order chi connectivity index (χ1) is 17.5. The minimum atomic E-state index is 0.0277. The van der Waals surface area contributed by atoms with Crippen LogP contribution in [0, 0.1) is 11.8 Å². The van der Waals surface area contributed by atoms with Gasteiger partial charge < -0.3 is 19.7 Å². The van der Waals surface area contributed by atoms with Crippen molar-refractivity contribution in [2.75, 3.05) is 32.8 Å². The summed E-state index contributed by atoms with van der Waals surface area (Å²) in [6.45, 7) is 6.64. The zero-order valence-corrected chi connectivity index (χ0v) is 22.1. The summed E-state index contributed by atoms with van der Waals surface area (Å²) in [7, 11) is 0. The fourth-order valence-electron chi connectivity index (χ4n) is 5.94. The van der Waals surface area contributed by atoms with E-state index >= 15 is 0 Å². The molecular formula is C30H39ClN2O3. The molecule has 0 radical (unpaired) electrons. The number of allylic oxidation sites excluding steroid dienone is 10. The van der Waals surface area contributed by atoms with Gasteiger partial charge in [0, 0.05) is 25.4 Å². The van der Waals surface area contributed by atoms with Crippen molar-refractivity contribution in [1.82, 2.24) is 10.2 Å². The van der Waals surface area contributed by atoms with Crippen LogP contribution in [-0.2, 0) is 14.3 Å². The topological polar surface area (TPSA) is 50.8 Å². The lowest BCUT2D eigenvalue weighted by atomic mass is 9.81. The molecule has 5 aliphatic rings. The molecule has 2 saturated heterocycles. The van der Waals surface area contributed by atoms with Gasteiger partial charge in [-0.1, -0.05) is 55.0 Å². The third-order valence-corrected chi connectivity index (χ3v) is 8.23. The number of hydrogen-bond acceptors (Lipinski definition) is 4. The van der Waals surface area contributed by atoms with E-state index in [1.54, 1.807) is 0 Å². The Morgan fingerprint density at radius 1 is 1.17 bits per heavy atom. The number of amides is 1. The fourth-order valence-corrected chi connectivity index (χ4v) is 6.19. The van der Waals surface area contributed by atoms with Crippen molar-refractivity contribution in [2.24, 2.45) is 11.8 Å². The summed E-state index contributed by atoms with van der Waals surface area (Å²) in [6, 6.07) is 0.107. The summed E-state index contributed by atoms with van der Waals surface area (Å²) in [6.07, 6.45) is 22.7. The van der Waals surface area contributed by atoms with Crippen LogP contribution in [0.15, 0.2) is 71.1 Å². The number of nitrogens with one attached hydrogen (secondary N) is 1. The van der Waals surface area contributed by atoms with Crippen LogP contribution in [-0.4, -0.2) is 61.2 Å². The largest absolute Gasteiger partial charge is 0.493 e. The maximum atomic E-state index is 13.2. The van der Waals surface area contributed by atoms with Crippen LogP contribution in [0.5, 0.6) is 0 Å². The Kier molecular flexibility index (Phi) is 8.51. The molecule has 194 valence electrons. The van der Waals surface area contributed by atoms with Crippen molar-refractivity contribution in [3.8, 4) is 0 Å². The molecular weight excluding hydrogens is 472 g/mol. The van der Waals surface area contributed by atoms with Crippen molar-refractivity contribution in [3.05, 3.63) is 71.1 Å². The molecule has 5 rings (SSSR count). The Morgan fingerprint density at radius 2 is 2.03 bits per heavy atom. The molecule has 2 aliphatic heterocycles. The molecule has 1 N–H and O–H groups in total. The lowest BCUT2D eigenvalue weighted by Crippen LogP contribution is -2.44. The number of halogens is 1. The van der Waals surface area contributed by atoms with Crippen LogP contribution in [0.3, 0.4) is 0 Å². The van der Waals surface area contributed by atoms with E-state index in [9.17, 15) is 4.79 Å². The predicted molar refractivity (Wildman–Crippen MR) is 145 cm³/mol. The van der Waals surface area contributed by atoms with Crippen LogP contribution in [0.25, 0.3) is 0 Å². The molecule has 1 amide bonds. The van der Waals surface area contributed by atoms with Crippen LogP contribution >= 0.6 is 11.6 Å². The van der Waals surface area contributed by atoms with Crippen LogP contribution in [0.1, 0.15) is 45.4 Å². The highest BCUT2D eigenvalue weighted by atomic mass is 35.5. The highest BCUT2D eigenvalue weighted by Crippen LogP contribution is 2.33. The van der Waals surface area contributed by atoms with E-state index in [0.29, 0.717) is 25.6 Å². The van der Waals surface area contributed by atoms with Gasteiger partial charge in [0.05, 0.1) is 12.0 Å². The lowest BCUT2D eigenvalue weighted by molar-refractivity contribution is -0.122. The Morgan fingerprint density at radius 3 is 2.83 bits per heavy atom. The zero-order valence-electron chi connectivity index (χ0n) is 21.3. The number of carbonyl (C=O) groups excluding carboxylic acids is 1. The predicted octanol–water partition coefficient (Wildman–Crippen LogP) is 5.22. The van der Waals surface area contributed by atoms with Crippen molar-refractivity contribution in [1.29, 1.82) is 0 Å². The van der Waals surface area contributed by atoms with E-state index in [4.69, 9.17) is 21.1 Å². The number of nitrogens with zero attached hydrogens (tertiary/aromatic N) is 1. The Bertz CT molecular complexity index is 1000. The van der Waals surface area contributed by atoms with Gasteiger partial charge in [-0.05, 0) is 67.8 Å². The van der Waals surface area contributed by atoms with E-state index in [2.05, 4.69) is 53.6 Å². The van der Waals surface area contributed by atoms with Crippen molar-refractivity contribution >= 4 is 17.5 Å². The molecule has 0 spiro atoms. The normalized spacial score (nSPS) is 30.9. The Balaban J connectivity index is 1.19. The summed E-state index contributed by atoms with van der Waals surface area (Å²) < 4.78 is 11.7. The third kappa shape index (κ3) is 6.62. The van der Waals surface area contributed by atoms with Gasteiger partial charge in [-0.15, -0.1) is 11.6 Å². The van der Waals surface area contributed by atoms with Gasteiger partial charge in [0.25, 0.3) is 0 Å². The first kappa shape index (κ1) is 25.6. The summed E-state index contributed by atoms with van der Waals surface area (Å²) >= 11 is 6.32. The van der Waals surface area contributed by atoms with Gasteiger partial charge >= 0.3 is 0 Å². The molecule has 5 unspecified atom stereocenters. The van der Waals surface area contributed by atoms with Gasteiger partial charge in [0.2, 0.25) is 5.91 Å². The first-order valence-corrected chi connectivity index (χ1v) is 14.0. The minimum Gasteiger partial charge on any atom is -0.493 e. The third-order valence-electron chi connectivity index (χ3n) is 7.94. The number of carbonyl (C=O) groups is 1. The maximum Gasteiger partial charge on any atom is 0.220 e. The highest BCUT2D eigenvalue weighted by Gasteiger charge is 2.28. The van der Waals surface area contributed by atoms with Gasteiger partial charge in [-0.2, -0.15) is 0 Å². The monoisotopic (exact) mass is 510 g/mol. The van der Waals surface area contributed by atoms with E-state index in [1.807, 2.05) is 12.2 Å². The number of ether oxygens (including phenoxy) is 2.